The van der Waals surface area contributed by atoms with E-state index in [1.165, 1.54) is 38.5 Å². The summed E-state index contributed by atoms with van der Waals surface area (Å²) in [4.78, 5) is 23.5. The molecule has 0 aromatic heterocycles. The second-order valence-electron chi connectivity index (χ2n) is 4.82. The number of ether oxygens (including phenoxy) is 3. The average Bonchev–Trinajstić information content (AvgIpc) is 2.62. The van der Waals surface area contributed by atoms with E-state index >= 15 is 0 Å². The first-order valence-electron chi connectivity index (χ1n) is 7.08. The molecular weight excluding hydrogens is 369 g/mol. The van der Waals surface area contributed by atoms with E-state index in [1.807, 2.05) is 0 Å². The summed E-state index contributed by atoms with van der Waals surface area (Å²) in [6, 6.07) is 9.25. The van der Waals surface area contributed by atoms with Crippen LogP contribution in [0.5, 0.6) is 11.5 Å². The minimum Gasteiger partial charge on any atom is -0.493 e. The third kappa shape index (κ3) is 5.01. The molecule has 0 aliphatic carbocycles. The summed E-state index contributed by atoms with van der Waals surface area (Å²) in [5.74, 6) is -0.260. The van der Waals surface area contributed by atoms with Gasteiger partial charge >= 0.3 is 5.97 Å². The highest BCUT2D eigenvalue weighted by molar-refractivity contribution is 6.42. The molecule has 1 N–H and O–H groups in total. The topological polar surface area (TPSA) is 73.9 Å². The number of carbonyl (C=O) groups excluding carboxylic acids is 2. The lowest BCUT2D eigenvalue weighted by Crippen LogP contribution is -2.20. The van der Waals surface area contributed by atoms with Crippen molar-refractivity contribution in [2.45, 2.75) is 0 Å². The number of benzene rings is 2. The summed E-state index contributed by atoms with van der Waals surface area (Å²) in [5, 5.41) is 3.36. The van der Waals surface area contributed by atoms with Crippen molar-refractivity contribution in [1.29, 1.82) is 0 Å². The van der Waals surface area contributed by atoms with E-state index < -0.39 is 11.9 Å². The fourth-order valence-corrected chi connectivity index (χ4v) is 2.24. The third-order valence-electron chi connectivity index (χ3n) is 3.15. The molecule has 0 heterocycles. The molecule has 132 valence electrons. The van der Waals surface area contributed by atoms with Crippen LogP contribution >= 0.6 is 23.2 Å². The van der Waals surface area contributed by atoms with Gasteiger partial charge in [0, 0.05) is 5.69 Å². The van der Waals surface area contributed by atoms with Gasteiger partial charge in [0.1, 0.15) is 0 Å². The molecule has 8 heteroatoms. The van der Waals surface area contributed by atoms with Gasteiger partial charge in [0.25, 0.3) is 5.91 Å². The summed E-state index contributed by atoms with van der Waals surface area (Å²) in [6.07, 6.45) is 0. The molecule has 0 unspecified atom stereocenters. The number of nitrogens with one attached hydrogen (secondary N) is 1. The molecule has 2 rings (SSSR count). The maximum Gasteiger partial charge on any atom is 0.337 e. The van der Waals surface area contributed by atoms with E-state index in [0.717, 1.165) is 0 Å². The van der Waals surface area contributed by atoms with Crippen molar-refractivity contribution in [3.63, 3.8) is 0 Å². The van der Waals surface area contributed by atoms with Crippen LogP contribution < -0.4 is 14.8 Å². The van der Waals surface area contributed by atoms with Crippen LogP contribution in [0.4, 0.5) is 5.69 Å². The minimum absolute atomic E-state index is 0.256. The normalized spacial score (nSPS) is 10.1. The standard InChI is InChI=1S/C17H15Cl2NO5/c1-23-15-7-10(17(22)24-2)3-6-14(15)25-9-16(21)20-11-4-5-12(18)13(19)8-11/h3-8H,9H2,1-2H3,(H,20,21). The van der Waals surface area contributed by atoms with Gasteiger partial charge in [-0.1, -0.05) is 23.2 Å². The molecule has 0 atom stereocenters. The first kappa shape index (κ1) is 18.9. The van der Waals surface area contributed by atoms with E-state index in [2.05, 4.69) is 10.1 Å². The Bertz CT molecular complexity index is 795. The molecule has 0 bridgehead atoms. The second kappa shape index (κ2) is 8.60. The van der Waals surface area contributed by atoms with Gasteiger partial charge in [0.2, 0.25) is 0 Å². The first-order valence-corrected chi connectivity index (χ1v) is 7.84. The van der Waals surface area contributed by atoms with Crippen LogP contribution in [0.3, 0.4) is 0 Å². The highest BCUT2D eigenvalue weighted by atomic mass is 35.5. The lowest BCUT2D eigenvalue weighted by Gasteiger charge is -2.12. The molecule has 0 fully saturated rings. The fraction of sp³-hybridized carbons (Fsp3) is 0.176. The predicted octanol–water partition coefficient (Wildman–Crippen LogP) is 3.81. The quantitative estimate of drug-likeness (QED) is 0.767. The molecule has 0 radical (unpaired) electrons. The molecule has 0 saturated carbocycles. The number of rotatable bonds is 6. The Kier molecular flexibility index (Phi) is 6.50. The zero-order chi connectivity index (χ0) is 18.4. The summed E-state index contributed by atoms with van der Waals surface area (Å²) in [7, 11) is 2.71. The molecule has 6 nitrogen and oxygen atoms in total. The van der Waals surface area contributed by atoms with E-state index in [-0.39, 0.29) is 6.61 Å². The Morgan fingerprint density at radius 2 is 1.76 bits per heavy atom. The highest BCUT2D eigenvalue weighted by Crippen LogP contribution is 2.28. The van der Waals surface area contributed by atoms with Gasteiger partial charge in [0.05, 0.1) is 29.8 Å². The first-order chi connectivity index (χ1) is 11.9. The van der Waals surface area contributed by atoms with Gasteiger partial charge in [0.15, 0.2) is 18.1 Å². The summed E-state index contributed by atoms with van der Waals surface area (Å²) < 4.78 is 15.2. The monoisotopic (exact) mass is 383 g/mol. The minimum atomic E-state index is -0.498. The van der Waals surface area contributed by atoms with Gasteiger partial charge in [-0.15, -0.1) is 0 Å². The van der Waals surface area contributed by atoms with E-state index in [0.29, 0.717) is 32.8 Å². The molecular formula is C17H15Cl2NO5. The molecule has 2 aromatic rings. The number of amides is 1. The highest BCUT2D eigenvalue weighted by Gasteiger charge is 2.13. The van der Waals surface area contributed by atoms with E-state index in [4.69, 9.17) is 32.7 Å². The SMILES string of the molecule is COC(=O)c1ccc(OCC(=O)Nc2ccc(Cl)c(Cl)c2)c(OC)c1. The number of esters is 1. The van der Waals surface area contributed by atoms with Crippen molar-refractivity contribution in [2.24, 2.45) is 0 Å². The lowest BCUT2D eigenvalue weighted by atomic mass is 10.2. The second-order valence-corrected chi connectivity index (χ2v) is 5.64. The van der Waals surface area contributed by atoms with Crippen molar-refractivity contribution in [2.75, 3.05) is 26.1 Å². The van der Waals surface area contributed by atoms with Crippen LogP contribution in [0.2, 0.25) is 10.0 Å². The van der Waals surface area contributed by atoms with Crippen LogP contribution in [0.1, 0.15) is 10.4 Å². The van der Waals surface area contributed by atoms with Crippen LogP contribution in [0, 0.1) is 0 Å². The summed E-state index contributed by atoms with van der Waals surface area (Å²) in [6.45, 7) is -0.256. The number of carbonyl (C=O) groups is 2. The smallest absolute Gasteiger partial charge is 0.337 e. The Labute approximate surface area is 154 Å². The van der Waals surface area contributed by atoms with Crippen molar-refractivity contribution in [1.82, 2.24) is 0 Å². The Morgan fingerprint density at radius 3 is 2.40 bits per heavy atom. The molecule has 25 heavy (non-hydrogen) atoms. The zero-order valence-electron chi connectivity index (χ0n) is 13.5. The average molecular weight is 384 g/mol. The largest absolute Gasteiger partial charge is 0.493 e. The number of methoxy groups -OCH3 is 2. The molecule has 0 saturated heterocycles. The lowest BCUT2D eigenvalue weighted by molar-refractivity contribution is -0.118. The van der Waals surface area contributed by atoms with Crippen LogP contribution in [-0.4, -0.2) is 32.7 Å². The summed E-state index contributed by atoms with van der Waals surface area (Å²) in [5.41, 5.74) is 0.808. The Balaban J connectivity index is 2.01. The van der Waals surface area contributed by atoms with Crippen LogP contribution in [-0.2, 0) is 9.53 Å². The van der Waals surface area contributed by atoms with Crippen LogP contribution in [0.25, 0.3) is 0 Å². The number of hydrogen-bond acceptors (Lipinski definition) is 5. The van der Waals surface area contributed by atoms with Gasteiger partial charge in [-0.2, -0.15) is 0 Å². The molecule has 0 aliphatic rings. The van der Waals surface area contributed by atoms with Gasteiger partial charge in [-0.3, -0.25) is 4.79 Å². The fourth-order valence-electron chi connectivity index (χ4n) is 1.95. The maximum atomic E-state index is 12.0. The van der Waals surface area contributed by atoms with Crippen molar-refractivity contribution in [3.05, 3.63) is 52.0 Å². The van der Waals surface area contributed by atoms with Gasteiger partial charge < -0.3 is 19.5 Å². The van der Waals surface area contributed by atoms with Gasteiger partial charge in [-0.25, -0.2) is 4.79 Å². The van der Waals surface area contributed by atoms with Crippen LogP contribution in [0.15, 0.2) is 36.4 Å². The molecule has 0 spiro atoms. The van der Waals surface area contributed by atoms with E-state index in [1.54, 1.807) is 12.1 Å². The van der Waals surface area contributed by atoms with Crippen molar-refractivity contribution < 1.29 is 23.8 Å². The molecule has 2 aromatic carbocycles. The Hall–Kier alpha value is -2.44. The van der Waals surface area contributed by atoms with Crippen molar-refractivity contribution >= 4 is 40.8 Å². The van der Waals surface area contributed by atoms with Crippen molar-refractivity contribution in [3.8, 4) is 11.5 Å². The van der Waals surface area contributed by atoms with Gasteiger partial charge in [-0.05, 0) is 36.4 Å². The number of hydrogen-bond donors (Lipinski definition) is 1. The maximum absolute atomic E-state index is 12.0. The zero-order valence-corrected chi connectivity index (χ0v) is 15.0. The number of halogens is 2. The molecule has 1 amide bonds. The van der Waals surface area contributed by atoms with E-state index in [9.17, 15) is 9.59 Å². The Morgan fingerprint density at radius 1 is 1.00 bits per heavy atom. The molecule has 0 aliphatic heterocycles. The summed E-state index contributed by atoms with van der Waals surface area (Å²) >= 11 is 11.7. The number of anilines is 1. The predicted molar refractivity (Wildman–Crippen MR) is 94.9 cm³/mol. The third-order valence-corrected chi connectivity index (χ3v) is 3.89.